The van der Waals surface area contributed by atoms with Crippen LogP contribution in [0.5, 0.6) is 0 Å². The summed E-state index contributed by atoms with van der Waals surface area (Å²) in [5.74, 6) is 0.290. The Labute approximate surface area is 157 Å². The van der Waals surface area contributed by atoms with E-state index in [2.05, 4.69) is 19.2 Å². The Morgan fingerprint density at radius 3 is 2.19 bits per heavy atom. The van der Waals surface area contributed by atoms with Gasteiger partial charge in [0.2, 0.25) is 10.0 Å². The second-order valence-electron chi connectivity index (χ2n) is 7.00. The fourth-order valence-electron chi connectivity index (χ4n) is 3.17. The summed E-state index contributed by atoms with van der Waals surface area (Å²) in [4.78, 5) is 12.4. The van der Waals surface area contributed by atoms with Gasteiger partial charge in [0, 0.05) is 25.2 Å². The Morgan fingerprint density at radius 1 is 1.15 bits per heavy atom. The lowest BCUT2D eigenvalue weighted by atomic mass is 10.0. The van der Waals surface area contributed by atoms with Gasteiger partial charge < -0.3 is 10.1 Å². The topological polar surface area (TPSA) is 75.7 Å². The van der Waals surface area contributed by atoms with Gasteiger partial charge in [0.1, 0.15) is 0 Å². The molecule has 0 bridgehead atoms. The van der Waals surface area contributed by atoms with Crippen LogP contribution in [0.2, 0.25) is 0 Å². The number of amides is 1. The van der Waals surface area contributed by atoms with Gasteiger partial charge in [-0.15, -0.1) is 0 Å². The molecule has 0 aliphatic carbocycles. The number of hydrogen-bond acceptors (Lipinski definition) is 4. The molecule has 0 saturated carbocycles. The smallest absolute Gasteiger partial charge is 0.251 e. The molecule has 1 aromatic carbocycles. The van der Waals surface area contributed by atoms with E-state index < -0.39 is 10.0 Å². The van der Waals surface area contributed by atoms with Gasteiger partial charge in [0.05, 0.1) is 17.1 Å². The van der Waals surface area contributed by atoms with Crippen molar-refractivity contribution in [2.45, 2.75) is 57.6 Å². The molecule has 2 rings (SSSR count). The van der Waals surface area contributed by atoms with Crippen molar-refractivity contribution >= 4 is 15.9 Å². The van der Waals surface area contributed by atoms with E-state index in [0.29, 0.717) is 31.1 Å². The lowest BCUT2D eigenvalue weighted by Crippen LogP contribution is -2.48. The molecule has 2 unspecified atom stereocenters. The summed E-state index contributed by atoms with van der Waals surface area (Å²) < 4.78 is 32.7. The summed E-state index contributed by atoms with van der Waals surface area (Å²) in [6.45, 7) is 9.25. The molecule has 0 radical (unpaired) electrons. The van der Waals surface area contributed by atoms with E-state index in [1.807, 2.05) is 13.8 Å². The molecule has 6 nitrogen and oxygen atoms in total. The summed E-state index contributed by atoms with van der Waals surface area (Å²) in [7, 11) is -3.58. The predicted molar refractivity (Wildman–Crippen MR) is 102 cm³/mol. The van der Waals surface area contributed by atoms with Gasteiger partial charge >= 0.3 is 0 Å². The normalized spacial score (nSPS) is 21.7. The van der Waals surface area contributed by atoms with Crippen molar-refractivity contribution in [2.75, 3.05) is 19.6 Å². The number of nitrogens with one attached hydrogen (secondary N) is 1. The lowest BCUT2D eigenvalue weighted by molar-refractivity contribution is -0.0440. The number of nitrogens with zero attached hydrogens (tertiary/aromatic N) is 1. The Kier molecular flexibility index (Phi) is 7.20. The van der Waals surface area contributed by atoms with Crippen LogP contribution in [0.15, 0.2) is 29.2 Å². The number of carbonyl (C=O) groups excluding carboxylic acids is 1. The van der Waals surface area contributed by atoms with Crippen molar-refractivity contribution in [1.82, 2.24) is 9.62 Å². The summed E-state index contributed by atoms with van der Waals surface area (Å²) in [6.07, 6.45) is 1.77. The summed E-state index contributed by atoms with van der Waals surface area (Å²) >= 11 is 0. The van der Waals surface area contributed by atoms with E-state index in [0.717, 1.165) is 12.8 Å². The maximum absolute atomic E-state index is 12.8. The zero-order valence-corrected chi connectivity index (χ0v) is 16.9. The fourth-order valence-corrected chi connectivity index (χ4v) is 4.76. The predicted octanol–water partition coefficient (Wildman–Crippen LogP) is 2.65. The molecule has 1 N–H and O–H groups in total. The molecule has 2 atom stereocenters. The van der Waals surface area contributed by atoms with Crippen molar-refractivity contribution in [3.8, 4) is 0 Å². The maximum Gasteiger partial charge on any atom is 0.251 e. The highest BCUT2D eigenvalue weighted by atomic mass is 32.2. The molecule has 1 aromatic rings. The summed E-state index contributed by atoms with van der Waals surface area (Å²) in [5, 5.41) is 2.92. The van der Waals surface area contributed by atoms with Crippen LogP contribution in [-0.2, 0) is 14.8 Å². The van der Waals surface area contributed by atoms with Crippen molar-refractivity contribution < 1.29 is 17.9 Å². The number of morpholine rings is 1. The zero-order valence-electron chi connectivity index (χ0n) is 16.1. The standard InChI is InChI=1S/C19H30N2O4S/c1-5-16(6-2)11-20-19(22)17-7-9-18(10-8-17)26(23,24)21-12-14(3)25-15(4)13-21/h7-10,14-16H,5-6,11-13H2,1-4H3,(H,20,22). The number of benzene rings is 1. The van der Waals surface area contributed by atoms with E-state index >= 15 is 0 Å². The molecular weight excluding hydrogens is 352 g/mol. The van der Waals surface area contributed by atoms with Gasteiger partial charge in [-0.2, -0.15) is 4.31 Å². The summed E-state index contributed by atoms with van der Waals surface area (Å²) in [6, 6.07) is 6.16. The number of carbonyl (C=O) groups is 1. The van der Waals surface area contributed by atoms with Gasteiger partial charge in [-0.3, -0.25) is 4.79 Å². The molecule has 146 valence electrons. The molecule has 26 heavy (non-hydrogen) atoms. The van der Waals surface area contributed by atoms with Crippen LogP contribution in [-0.4, -0.2) is 50.5 Å². The van der Waals surface area contributed by atoms with Crippen LogP contribution in [0.4, 0.5) is 0 Å². The number of hydrogen-bond donors (Lipinski definition) is 1. The minimum atomic E-state index is -3.58. The highest BCUT2D eigenvalue weighted by molar-refractivity contribution is 7.89. The third-order valence-electron chi connectivity index (χ3n) is 4.85. The number of ether oxygens (including phenoxy) is 1. The largest absolute Gasteiger partial charge is 0.373 e. The van der Waals surface area contributed by atoms with E-state index in [1.54, 1.807) is 12.1 Å². The minimum Gasteiger partial charge on any atom is -0.373 e. The first-order valence-corrected chi connectivity index (χ1v) is 10.8. The van der Waals surface area contributed by atoms with E-state index in [4.69, 9.17) is 4.74 Å². The Hall–Kier alpha value is -1.44. The van der Waals surface area contributed by atoms with Gasteiger partial charge in [-0.25, -0.2) is 8.42 Å². The van der Waals surface area contributed by atoms with E-state index in [-0.39, 0.29) is 23.0 Å². The van der Waals surface area contributed by atoms with Crippen LogP contribution < -0.4 is 5.32 Å². The van der Waals surface area contributed by atoms with Crippen molar-refractivity contribution in [3.05, 3.63) is 29.8 Å². The van der Waals surface area contributed by atoms with E-state index in [9.17, 15) is 13.2 Å². The average molecular weight is 383 g/mol. The second kappa shape index (κ2) is 8.97. The Bertz CT molecular complexity index is 689. The molecule has 0 spiro atoms. The Morgan fingerprint density at radius 2 is 1.69 bits per heavy atom. The van der Waals surface area contributed by atoms with Gasteiger partial charge in [-0.05, 0) is 44.0 Å². The fraction of sp³-hybridized carbons (Fsp3) is 0.632. The highest BCUT2D eigenvalue weighted by Gasteiger charge is 2.32. The maximum atomic E-state index is 12.8. The highest BCUT2D eigenvalue weighted by Crippen LogP contribution is 2.21. The molecule has 1 aliphatic heterocycles. The van der Waals surface area contributed by atoms with Gasteiger partial charge in [0.15, 0.2) is 0 Å². The van der Waals surface area contributed by atoms with Crippen LogP contribution >= 0.6 is 0 Å². The molecule has 0 aromatic heterocycles. The van der Waals surface area contributed by atoms with Gasteiger partial charge in [-0.1, -0.05) is 26.7 Å². The quantitative estimate of drug-likeness (QED) is 0.787. The van der Waals surface area contributed by atoms with E-state index in [1.165, 1.54) is 16.4 Å². The number of sulfonamides is 1. The molecule has 1 saturated heterocycles. The molecular formula is C19H30N2O4S. The van der Waals surface area contributed by atoms with Crippen molar-refractivity contribution in [3.63, 3.8) is 0 Å². The first-order chi connectivity index (χ1) is 12.3. The second-order valence-corrected chi connectivity index (χ2v) is 8.93. The van der Waals surface area contributed by atoms with Gasteiger partial charge in [0.25, 0.3) is 5.91 Å². The third-order valence-corrected chi connectivity index (χ3v) is 6.69. The average Bonchev–Trinajstić information content (AvgIpc) is 2.61. The molecule has 1 aliphatic rings. The molecule has 1 amide bonds. The van der Waals surface area contributed by atoms with Crippen LogP contribution in [0.1, 0.15) is 50.9 Å². The van der Waals surface area contributed by atoms with Crippen molar-refractivity contribution in [2.24, 2.45) is 5.92 Å². The third kappa shape index (κ3) is 5.05. The molecule has 1 fully saturated rings. The van der Waals surface area contributed by atoms with Crippen LogP contribution in [0.25, 0.3) is 0 Å². The molecule has 1 heterocycles. The number of rotatable bonds is 7. The van der Waals surface area contributed by atoms with Crippen LogP contribution in [0.3, 0.4) is 0 Å². The minimum absolute atomic E-state index is 0.136. The first-order valence-electron chi connectivity index (χ1n) is 9.31. The Balaban J connectivity index is 2.07. The van der Waals surface area contributed by atoms with Crippen LogP contribution in [0, 0.1) is 5.92 Å². The monoisotopic (exact) mass is 382 g/mol. The molecule has 7 heteroatoms. The first kappa shape index (κ1) is 20.9. The summed E-state index contributed by atoms with van der Waals surface area (Å²) in [5.41, 5.74) is 0.471. The SMILES string of the molecule is CCC(CC)CNC(=O)c1ccc(S(=O)(=O)N2CC(C)OC(C)C2)cc1. The zero-order chi connectivity index (χ0) is 19.3. The lowest BCUT2D eigenvalue weighted by Gasteiger charge is -2.34. The van der Waals surface area contributed by atoms with Crippen molar-refractivity contribution in [1.29, 1.82) is 0 Å².